The van der Waals surface area contributed by atoms with Crippen LogP contribution in [0, 0.1) is 17.5 Å². The van der Waals surface area contributed by atoms with Gasteiger partial charge < -0.3 is 24.6 Å². The molecular weight excluding hydrogens is 379 g/mol. The predicted molar refractivity (Wildman–Crippen MR) is 94.7 cm³/mol. The molecule has 2 N–H and O–H groups in total. The van der Waals surface area contributed by atoms with Gasteiger partial charge in [-0.3, -0.25) is 4.79 Å². The first-order valence-corrected chi connectivity index (χ1v) is 8.94. The molecule has 0 spiro atoms. The Morgan fingerprint density at radius 3 is 2.57 bits per heavy atom. The number of halogens is 3. The Bertz CT molecular complexity index is 1040. The van der Waals surface area contributed by atoms with E-state index in [4.69, 9.17) is 5.11 Å². The summed E-state index contributed by atoms with van der Waals surface area (Å²) in [5, 5.41) is 11.1. The van der Waals surface area contributed by atoms with Gasteiger partial charge in [-0.25, -0.2) is 18.0 Å². The van der Waals surface area contributed by atoms with Crippen LogP contribution in [0.3, 0.4) is 0 Å². The molecule has 0 radical (unpaired) electrons. The summed E-state index contributed by atoms with van der Waals surface area (Å²) < 4.78 is 50.9. The third-order valence-electron chi connectivity index (χ3n) is 5.06. The average Bonchev–Trinajstić information content (AvgIpc) is 3.46. The zero-order valence-corrected chi connectivity index (χ0v) is 15.0. The van der Waals surface area contributed by atoms with Crippen LogP contribution < -0.4 is 20.4 Å². The number of ether oxygens (including phenoxy) is 1. The molecule has 1 saturated heterocycles. The smallest absolute Gasteiger partial charge is 0.449 e. The molecule has 2 aromatic rings. The number of nitrogens with zero attached hydrogens (tertiary/aromatic N) is 2. The molecule has 1 saturated carbocycles. The number of hydrogen-bond donors (Lipinski definition) is 2. The second kappa shape index (κ2) is 6.69. The third-order valence-corrected chi connectivity index (χ3v) is 5.06. The van der Waals surface area contributed by atoms with Gasteiger partial charge in [0.2, 0.25) is 5.43 Å². The Balaban J connectivity index is 2.02. The van der Waals surface area contributed by atoms with Crippen LogP contribution in [-0.4, -0.2) is 41.5 Å². The van der Waals surface area contributed by atoms with Crippen molar-refractivity contribution in [3.05, 3.63) is 33.9 Å². The Morgan fingerprint density at radius 1 is 1.25 bits per heavy atom. The maximum atomic E-state index is 15.5. The fourth-order valence-electron chi connectivity index (χ4n) is 3.68. The summed E-state index contributed by atoms with van der Waals surface area (Å²) in [7, 11) is 0. The fourth-order valence-corrected chi connectivity index (χ4v) is 3.68. The van der Waals surface area contributed by atoms with E-state index in [1.807, 2.05) is 6.92 Å². The highest BCUT2D eigenvalue weighted by molar-refractivity contribution is 5.86. The molecule has 1 unspecified atom stereocenters. The number of pyridine rings is 1. The van der Waals surface area contributed by atoms with Crippen molar-refractivity contribution in [3.63, 3.8) is 0 Å². The van der Waals surface area contributed by atoms with Crippen molar-refractivity contribution < 1.29 is 27.8 Å². The summed E-state index contributed by atoms with van der Waals surface area (Å²) in [4.78, 5) is 24.8. The van der Waals surface area contributed by atoms with Crippen molar-refractivity contribution in [2.75, 3.05) is 24.5 Å². The summed E-state index contributed by atoms with van der Waals surface area (Å²) >= 11 is 0. The second-order valence-electron chi connectivity index (χ2n) is 7.14. The van der Waals surface area contributed by atoms with Gasteiger partial charge in [-0.2, -0.15) is 0 Å². The van der Waals surface area contributed by atoms with Gasteiger partial charge >= 0.3 is 6.16 Å². The van der Waals surface area contributed by atoms with Crippen molar-refractivity contribution in [2.45, 2.75) is 31.8 Å². The second-order valence-corrected chi connectivity index (χ2v) is 7.14. The number of piperazine rings is 1. The number of hydrogen-bond acceptors (Lipinski definition) is 5. The number of nitrogens with one attached hydrogen (secondary N) is 1. The summed E-state index contributed by atoms with van der Waals surface area (Å²) in [5.74, 6) is -4.69. The van der Waals surface area contributed by atoms with Gasteiger partial charge in [-0.1, -0.05) is 0 Å². The van der Waals surface area contributed by atoms with Gasteiger partial charge in [-0.15, -0.1) is 0 Å². The molecule has 1 aliphatic carbocycles. The molecule has 28 heavy (non-hydrogen) atoms. The number of fused-ring (bicyclic) bond motifs is 1. The maximum Gasteiger partial charge on any atom is 0.511 e. The van der Waals surface area contributed by atoms with Crippen molar-refractivity contribution >= 4 is 22.7 Å². The summed E-state index contributed by atoms with van der Waals surface area (Å²) in [5.41, 5.74) is -2.09. The lowest BCUT2D eigenvalue weighted by molar-refractivity contribution is 0.143. The zero-order chi connectivity index (χ0) is 20.2. The number of benzene rings is 1. The number of carbonyl (C=O) groups is 1. The highest BCUT2D eigenvalue weighted by Gasteiger charge is 2.34. The molecular formula is C18H18F3N3O4. The van der Waals surface area contributed by atoms with Crippen LogP contribution >= 0.6 is 0 Å². The minimum atomic E-state index is -1.77. The molecule has 2 fully saturated rings. The quantitative estimate of drug-likeness (QED) is 0.612. The topological polar surface area (TPSA) is 83.8 Å². The summed E-state index contributed by atoms with van der Waals surface area (Å²) in [6.07, 6.45) is 0.568. The number of rotatable bonds is 3. The van der Waals surface area contributed by atoms with Gasteiger partial charge in [0, 0.05) is 31.7 Å². The monoisotopic (exact) mass is 397 g/mol. The SMILES string of the molecule is CC1CN(c2c(F)c(F)c3c(=O)c(OC(=O)O)cn(C4CC4)c3c2F)CCN1. The van der Waals surface area contributed by atoms with Crippen molar-refractivity contribution in [1.29, 1.82) is 0 Å². The lowest BCUT2D eigenvalue weighted by atomic mass is 10.1. The van der Waals surface area contributed by atoms with Crippen LogP contribution in [0.2, 0.25) is 0 Å². The molecule has 7 nitrogen and oxygen atoms in total. The van der Waals surface area contributed by atoms with Crippen molar-refractivity contribution in [2.24, 2.45) is 0 Å². The molecule has 150 valence electrons. The standard InChI is InChI=1S/C18H18F3N3O4/c1-8-6-23(5-4-22-8)16-13(20)12(19)11-15(14(16)21)24(9-2-3-9)7-10(17(11)25)28-18(26)27/h7-9,22H,2-6H2,1H3,(H,26,27). The van der Waals surface area contributed by atoms with E-state index < -0.39 is 45.9 Å². The van der Waals surface area contributed by atoms with Crippen LogP contribution in [-0.2, 0) is 0 Å². The first-order chi connectivity index (χ1) is 13.3. The Morgan fingerprint density at radius 2 is 1.96 bits per heavy atom. The number of aromatic nitrogens is 1. The molecule has 1 atom stereocenters. The third kappa shape index (κ3) is 2.97. The lowest BCUT2D eigenvalue weighted by Gasteiger charge is -2.34. The molecule has 10 heteroatoms. The van der Waals surface area contributed by atoms with Gasteiger partial charge in [0.15, 0.2) is 23.2 Å². The molecule has 0 bridgehead atoms. The molecule has 1 aliphatic heterocycles. The van der Waals surface area contributed by atoms with Gasteiger partial charge in [0.1, 0.15) is 5.69 Å². The van der Waals surface area contributed by atoms with E-state index in [2.05, 4.69) is 10.1 Å². The molecule has 4 rings (SSSR count). The highest BCUT2D eigenvalue weighted by atomic mass is 19.2. The summed E-state index contributed by atoms with van der Waals surface area (Å²) in [6.45, 7) is 2.86. The summed E-state index contributed by atoms with van der Waals surface area (Å²) in [6, 6.07) is -0.295. The zero-order valence-electron chi connectivity index (χ0n) is 15.0. The molecule has 0 amide bonds. The van der Waals surface area contributed by atoms with E-state index in [-0.39, 0.29) is 30.7 Å². The minimum absolute atomic E-state index is 0.0525. The maximum absolute atomic E-state index is 15.5. The van der Waals surface area contributed by atoms with Gasteiger partial charge in [0.05, 0.1) is 17.1 Å². The van der Waals surface area contributed by atoms with E-state index in [1.54, 1.807) is 0 Å². The molecule has 1 aromatic carbocycles. The van der Waals surface area contributed by atoms with Crippen LogP contribution in [0.1, 0.15) is 25.8 Å². The van der Waals surface area contributed by atoms with E-state index in [0.717, 1.165) is 6.20 Å². The minimum Gasteiger partial charge on any atom is -0.449 e. The average molecular weight is 397 g/mol. The van der Waals surface area contributed by atoms with Gasteiger partial charge in [0.25, 0.3) is 0 Å². The Labute approximate surface area is 157 Å². The molecule has 1 aromatic heterocycles. The largest absolute Gasteiger partial charge is 0.511 e. The highest BCUT2D eigenvalue weighted by Crippen LogP contribution is 2.41. The number of anilines is 1. The first kappa shape index (κ1) is 18.6. The van der Waals surface area contributed by atoms with E-state index >= 15 is 4.39 Å². The van der Waals surface area contributed by atoms with E-state index in [9.17, 15) is 18.4 Å². The Hall–Kier alpha value is -2.75. The van der Waals surface area contributed by atoms with Crippen LogP contribution in [0.25, 0.3) is 10.9 Å². The normalized spacial score (nSPS) is 19.9. The predicted octanol–water partition coefficient (Wildman–Crippen LogP) is 2.61. The van der Waals surface area contributed by atoms with Crippen molar-refractivity contribution in [3.8, 4) is 5.75 Å². The Kier molecular flexibility index (Phi) is 4.45. The van der Waals surface area contributed by atoms with Crippen molar-refractivity contribution in [1.82, 2.24) is 9.88 Å². The van der Waals surface area contributed by atoms with E-state index in [0.29, 0.717) is 19.4 Å². The molecule has 2 aliphatic rings. The van der Waals surface area contributed by atoms with E-state index in [1.165, 1.54) is 9.47 Å². The van der Waals surface area contributed by atoms with Crippen LogP contribution in [0.5, 0.6) is 5.75 Å². The van der Waals surface area contributed by atoms with Crippen LogP contribution in [0.4, 0.5) is 23.7 Å². The number of carboxylic acid groups (broad SMARTS) is 1. The van der Waals surface area contributed by atoms with Crippen LogP contribution in [0.15, 0.2) is 11.0 Å². The fraction of sp³-hybridized carbons (Fsp3) is 0.444. The first-order valence-electron chi connectivity index (χ1n) is 8.94. The molecule has 2 heterocycles. The van der Waals surface area contributed by atoms with Gasteiger partial charge in [-0.05, 0) is 19.8 Å². The lowest BCUT2D eigenvalue weighted by Crippen LogP contribution is -2.50.